The lowest BCUT2D eigenvalue weighted by Crippen LogP contribution is -2.36. The van der Waals surface area contributed by atoms with E-state index in [0.29, 0.717) is 18.1 Å². The largest absolute Gasteiger partial charge is 0.351 e. The van der Waals surface area contributed by atoms with Crippen LogP contribution >= 0.6 is 11.6 Å². The number of carbonyl (C=O) groups excluding carboxylic acids is 2. The summed E-state index contributed by atoms with van der Waals surface area (Å²) in [6.45, 7) is 1.05. The number of primary amides is 1. The number of hydrogen-bond donors (Lipinski definition) is 2. The standard InChI is InChI=1S/C21H22ClN5O2/c1-26(12-11-19(28)24-21(23)29)13-16-14-27(18-5-3-2-4-6-18)25-20(16)15-7-9-17(22)10-8-15/h2-10,14H,11-13H2,1H3,(H3,23,24,28,29). The second-order valence-electron chi connectivity index (χ2n) is 6.69. The predicted molar refractivity (Wildman–Crippen MR) is 113 cm³/mol. The summed E-state index contributed by atoms with van der Waals surface area (Å²) in [4.78, 5) is 24.4. The minimum absolute atomic E-state index is 0.169. The summed E-state index contributed by atoms with van der Waals surface area (Å²) in [5.41, 5.74) is 8.74. The number of hydrogen-bond acceptors (Lipinski definition) is 4. The van der Waals surface area contributed by atoms with Gasteiger partial charge in [0.25, 0.3) is 0 Å². The van der Waals surface area contributed by atoms with Gasteiger partial charge in [0.05, 0.1) is 11.4 Å². The molecule has 0 atom stereocenters. The summed E-state index contributed by atoms with van der Waals surface area (Å²) < 4.78 is 1.84. The van der Waals surface area contributed by atoms with E-state index < -0.39 is 11.9 Å². The van der Waals surface area contributed by atoms with Crippen molar-refractivity contribution in [2.24, 2.45) is 5.73 Å². The summed E-state index contributed by atoms with van der Waals surface area (Å²) >= 11 is 6.03. The Labute approximate surface area is 174 Å². The molecule has 0 fully saturated rings. The van der Waals surface area contributed by atoms with E-state index in [4.69, 9.17) is 22.4 Å². The molecular formula is C21H22ClN5O2. The first-order valence-corrected chi connectivity index (χ1v) is 9.48. The third-order valence-electron chi connectivity index (χ3n) is 4.35. The van der Waals surface area contributed by atoms with E-state index in [1.54, 1.807) is 0 Å². The molecule has 1 heterocycles. The third kappa shape index (κ3) is 5.66. The van der Waals surface area contributed by atoms with Crippen molar-refractivity contribution in [3.8, 4) is 16.9 Å². The Morgan fingerprint density at radius 2 is 1.83 bits per heavy atom. The van der Waals surface area contributed by atoms with Crippen molar-refractivity contribution in [2.75, 3.05) is 13.6 Å². The molecule has 2 aromatic carbocycles. The van der Waals surface area contributed by atoms with Crippen molar-refractivity contribution >= 4 is 23.5 Å². The lowest BCUT2D eigenvalue weighted by atomic mass is 10.1. The van der Waals surface area contributed by atoms with Gasteiger partial charge in [-0.15, -0.1) is 0 Å². The lowest BCUT2D eigenvalue weighted by molar-refractivity contribution is -0.120. The van der Waals surface area contributed by atoms with Crippen LogP contribution in [-0.4, -0.2) is 40.2 Å². The van der Waals surface area contributed by atoms with Gasteiger partial charge in [-0.2, -0.15) is 5.10 Å². The number of para-hydroxylation sites is 1. The van der Waals surface area contributed by atoms with Gasteiger partial charge in [-0.1, -0.05) is 41.9 Å². The molecule has 7 nitrogen and oxygen atoms in total. The van der Waals surface area contributed by atoms with Crippen LogP contribution < -0.4 is 11.1 Å². The summed E-state index contributed by atoms with van der Waals surface area (Å²) in [7, 11) is 1.91. The molecule has 1 aromatic heterocycles. The van der Waals surface area contributed by atoms with Gasteiger partial charge in [0.2, 0.25) is 5.91 Å². The topological polar surface area (TPSA) is 93.3 Å². The number of halogens is 1. The smallest absolute Gasteiger partial charge is 0.318 e. The van der Waals surface area contributed by atoms with E-state index in [1.807, 2.05) is 77.4 Å². The molecule has 0 radical (unpaired) electrons. The monoisotopic (exact) mass is 411 g/mol. The summed E-state index contributed by atoms with van der Waals surface area (Å²) in [6, 6.07) is 16.5. The number of nitrogens with zero attached hydrogens (tertiary/aromatic N) is 3. The first-order chi connectivity index (χ1) is 13.9. The maximum atomic E-state index is 11.7. The summed E-state index contributed by atoms with van der Waals surface area (Å²) in [6.07, 6.45) is 2.15. The first-order valence-electron chi connectivity index (χ1n) is 9.10. The van der Waals surface area contributed by atoms with Gasteiger partial charge < -0.3 is 10.6 Å². The Hall–Kier alpha value is -3.16. The molecule has 0 aliphatic heterocycles. The normalized spacial score (nSPS) is 10.9. The molecule has 0 saturated carbocycles. The molecule has 3 N–H and O–H groups in total. The highest BCUT2D eigenvalue weighted by Crippen LogP contribution is 2.26. The van der Waals surface area contributed by atoms with E-state index in [9.17, 15) is 9.59 Å². The molecule has 0 saturated heterocycles. The van der Waals surface area contributed by atoms with E-state index in [-0.39, 0.29) is 6.42 Å². The molecule has 150 valence electrons. The zero-order chi connectivity index (χ0) is 20.8. The predicted octanol–water partition coefficient (Wildman–Crippen LogP) is 3.21. The van der Waals surface area contributed by atoms with Crippen molar-refractivity contribution in [3.05, 3.63) is 71.4 Å². The van der Waals surface area contributed by atoms with Crippen molar-refractivity contribution in [1.29, 1.82) is 0 Å². The molecule has 0 unspecified atom stereocenters. The van der Waals surface area contributed by atoms with Gasteiger partial charge in [-0.3, -0.25) is 10.1 Å². The SMILES string of the molecule is CN(CCC(=O)NC(N)=O)Cc1cn(-c2ccccc2)nc1-c1ccc(Cl)cc1. The third-order valence-corrected chi connectivity index (χ3v) is 4.60. The number of nitrogens with two attached hydrogens (primary N) is 1. The van der Waals surface area contributed by atoms with Gasteiger partial charge in [0.15, 0.2) is 0 Å². The molecule has 3 aromatic rings. The number of amides is 3. The van der Waals surface area contributed by atoms with Gasteiger partial charge >= 0.3 is 6.03 Å². The fourth-order valence-corrected chi connectivity index (χ4v) is 3.08. The number of urea groups is 1. The van der Waals surface area contributed by atoms with Gasteiger partial charge in [0.1, 0.15) is 0 Å². The van der Waals surface area contributed by atoms with Crippen LogP contribution in [0.1, 0.15) is 12.0 Å². The van der Waals surface area contributed by atoms with Crippen LogP contribution in [0.25, 0.3) is 16.9 Å². The van der Waals surface area contributed by atoms with E-state index in [2.05, 4.69) is 5.32 Å². The molecular weight excluding hydrogens is 390 g/mol. The maximum absolute atomic E-state index is 11.7. The van der Waals surface area contributed by atoms with Crippen LogP contribution in [0.3, 0.4) is 0 Å². The van der Waals surface area contributed by atoms with Crippen LogP contribution in [0.5, 0.6) is 0 Å². The van der Waals surface area contributed by atoms with Crippen molar-refractivity contribution in [2.45, 2.75) is 13.0 Å². The van der Waals surface area contributed by atoms with Crippen LogP contribution in [0.15, 0.2) is 60.8 Å². The number of imide groups is 1. The van der Waals surface area contributed by atoms with Gasteiger partial charge in [-0.05, 0) is 31.3 Å². The minimum Gasteiger partial charge on any atom is -0.351 e. The molecule has 0 bridgehead atoms. The van der Waals surface area contributed by atoms with Crippen LogP contribution in [0.2, 0.25) is 5.02 Å². The molecule has 0 spiro atoms. The van der Waals surface area contributed by atoms with Crippen LogP contribution in [0, 0.1) is 0 Å². The zero-order valence-corrected chi connectivity index (χ0v) is 16.8. The fourth-order valence-electron chi connectivity index (χ4n) is 2.95. The summed E-state index contributed by atoms with van der Waals surface area (Å²) in [5.74, 6) is -0.401. The molecule has 3 rings (SSSR count). The average Bonchev–Trinajstić information content (AvgIpc) is 3.11. The Balaban J connectivity index is 1.82. The first kappa shape index (κ1) is 20.6. The van der Waals surface area contributed by atoms with E-state index in [1.165, 1.54) is 0 Å². The van der Waals surface area contributed by atoms with E-state index >= 15 is 0 Å². The highest BCUT2D eigenvalue weighted by atomic mass is 35.5. The average molecular weight is 412 g/mol. The Morgan fingerprint density at radius 3 is 2.48 bits per heavy atom. The number of nitrogens with one attached hydrogen (secondary N) is 1. The Kier molecular flexibility index (Phi) is 6.64. The second kappa shape index (κ2) is 9.36. The maximum Gasteiger partial charge on any atom is 0.318 e. The van der Waals surface area contributed by atoms with Crippen LogP contribution in [0.4, 0.5) is 4.79 Å². The summed E-state index contributed by atoms with van der Waals surface area (Å²) in [5, 5.41) is 7.51. The second-order valence-corrected chi connectivity index (χ2v) is 7.13. The Morgan fingerprint density at radius 1 is 1.14 bits per heavy atom. The molecule has 29 heavy (non-hydrogen) atoms. The highest BCUT2D eigenvalue weighted by molar-refractivity contribution is 6.30. The lowest BCUT2D eigenvalue weighted by Gasteiger charge is -2.16. The number of aromatic nitrogens is 2. The minimum atomic E-state index is -0.841. The number of carbonyl (C=O) groups is 2. The Bertz CT molecular complexity index is 986. The highest BCUT2D eigenvalue weighted by Gasteiger charge is 2.15. The van der Waals surface area contributed by atoms with Gasteiger partial charge in [0, 0.05) is 41.9 Å². The van der Waals surface area contributed by atoms with Crippen molar-refractivity contribution in [1.82, 2.24) is 20.0 Å². The van der Waals surface area contributed by atoms with E-state index in [0.717, 1.165) is 22.5 Å². The van der Waals surface area contributed by atoms with Gasteiger partial charge in [-0.25, -0.2) is 9.48 Å². The molecule has 0 aliphatic carbocycles. The molecule has 3 amide bonds. The number of rotatable bonds is 7. The molecule has 8 heteroatoms. The quantitative estimate of drug-likeness (QED) is 0.624. The van der Waals surface area contributed by atoms with Crippen molar-refractivity contribution in [3.63, 3.8) is 0 Å². The van der Waals surface area contributed by atoms with Crippen LogP contribution in [-0.2, 0) is 11.3 Å². The zero-order valence-electron chi connectivity index (χ0n) is 16.0. The molecule has 0 aliphatic rings. The number of benzene rings is 2. The van der Waals surface area contributed by atoms with Crippen molar-refractivity contribution < 1.29 is 9.59 Å². The fraction of sp³-hybridized carbons (Fsp3) is 0.190.